The van der Waals surface area contributed by atoms with Crippen LogP contribution in [0.25, 0.3) is 10.9 Å². The van der Waals surface area contributed by atoms with Gasteiger partial charge in [0.05, 0.1) is 0 Å². The van der Waals surface area contributed by atoms with Gasteiger partial charge >= 0.3 is 0 Å². The van der Waals surface area contributed by atoms with Gasteiger partial charge in [-0.1, -0.05) is 60.1 Å². The largest absolute Gasteiger partial charge is 0.351 e. The second-order valence-corrected chi connectivity index (χ2v) is 7.59. The molecule has 0 aliphatic carbocycles. The average Bonchev–Trinajstić information content (AvgIpc) is 2.59. The molecule has 0 saturated carbocycles. The summed E-state index contributed by atoms with van der Waals surface area (Å²) in [6.07, 6.45) is 0. The van der Waals surface area contributed by atoms with Crippen molar-refractivity contribution in [3.63, 3.8) is 0 Å². The minimum absolute atomic E-state index is 0.130. The molecule has 4 nitrogen and oxygen atoms in total. The Kier molecular flexibility index (Phi) is 4.77. The van der Waals surface area contributed by atoms with Gasteiger partial charge in [0.2, 0.25) is 0 Å². The lowest BCUT2D eigenvalue weighted by molar-refractivity contribution is 0.0944. The highest BCUT2D eigenvalue weighted by Gasteiger charge is 2.22. The lowest BCUT2D eigenvalue weighted by atomic mass is 9.84. The van der Waals surface area contributed by atoms with Gasteiger partial charge in [-0.05, 0) is 35.2 Å². The van der Waals surface area contributed by atoms with Crippen LogP contribution in [0.1, 0.15) is 29.8 Å². The number of H-pyrrole nitrogens is 1. The molecule has 128 valence electrons. The number of carbonyl (C=O) groups excluding carboxylic acids is 1. The molecule has 0 unspecified atom stereocenters. The van der Waals surface area contributed by atoms with Crippen molar-refractivity contribution in [3.8, 4) is 0 Å². The standard InChI is InChI=1S/C20H19BrN2O2/c1-20(2,14-7-9-15(21)10-8-14)12-22-18(24)16-11-13-5-3-4-6-17(13)23-19(16)25/h3-11H,12H2,1-2H3,(H,22,24)(H,23,25). The van der Waals surface area contributed by atoms with Crippen molar-refractivity contribution >= 4 is 32.7 Å². The fourth-order valence-corrected chi connectivity index (χ4v) is 2.98. The minimum Gasteiger partial charge on any atom is -0.351 e. The predicted molar refractivity (Wildman–Crippen MR) is 104 cm³/mol. The van der Waals surface area contributed by atoms with Gasteiger partial charge in [-0.15, -0.1) is 0 Å². The predicted octanol–water partition coefficient (Wildman–Crippen LogP) is 4.00. The number of nitrogens with one attached hydrogen (secondary N) is 2. The number of carbonyl (C=O) groups is 1. The van der Waals surface area contributed by atoms with E-state index < -0.39 is 0 Å². The van der Waals surface area contributed by atoms with Crippen LogP contribution in [0.2, 0.25) is 0 Å². The second-order valence-electron chi connectivity index (χ2n) is 6.67. The van der Waals surface area contributed by atoms with Gasteiger partial charge in [-0.25, -0.2) is 0 Å². The summed E-state index contributed by atoms with van der Waals surface area (Å²) >= 11 is 3.42. The van der Waals surface area contributed by atoms with E-state index in [1.54, 1.807) is 6.07 Å². The van der Waals surface area contributed by atoms with E-state index in [1.165, 1.54) is 0 Å². The normalized spacial score (nSPS) is 11.5. The van der Waals surface area contributed by atoms with E-state index in [2.05, 4.69) is 40.1 Å². The summed E-state index contributed by atoms with van der Waals surface area (Å²) in [4.78, 5) is 27.4. The Balaban J connectivity index is 1.79. The average molecular weight is 399 g/mol. The Morgan fingerprint density at radius 1 is 1.12 bits per heavy atom. The zero-order chi connectivity index (χ0) is 18.0. The van der Waals surface area contributed by atoms with Crippen LogP contribution < -0.4 is 10.9 Å². The van der Waals surface area contributed by atoms with Crippen LogP contribution in [0.3, 0.4) is 0 Å². The molecule has 2 aromatic carbocycles. The van der Waals surface area contributed by atoms with E-state index in [4.69, 9.17) is 0 Å². The van der Waals surface area contributed by atoms with Crippen molar-refractivity contribution < 1.29 is 4.79 Å². The van der Waals surface area contributed by atoms with Crippen molar-refractivity contribution in [2.45, 2.75) is 19.3 Å². The topological polar surface area (TPSA) is 62.0 Å². The number of rotatable bonds is 4. The lowest BCUT2D eigenvalue weighted by Crippen LogP contribution is -2.38. The summed E-state index contributed by atoms with van der Waals surface area (Å²) in [7, 11) is 0. The summed E-state index contributed by atoms with van der Waals surface area (Å²) in [6, 6.07) is 17.1. The van der Waals surface area contributed by atoms with Crippen LogP contribution in [0.5, 0.6) is 0 Å². The quantitative estimate of drug-likeness (QED) is 0.697. The van der Waals surface area contributed by atoms with Gasteiger partial charge < -0.3 is 10.3 Å². The van der Waals surface area contributed by atoms with Gasteiger partial charge in [0.1, 0.15) is 5.56 Å². The molecule has 5 heteroatoms. The van der Waals surface area contributed by atoms with E-state index in [1.807, 2.05) is 48.5 Å². The first-order chi connectivity index (χ1) is 11.9. The zero-order valence-electron chi connectivity index (χ0n) is 14.1. The van der Waals surface area contributed by atoms with Crippen LogP contribution in [0.15, 0.2) is 63.9 Å². The molecular weight excluding hydrogens is 380 g/mol. The Morgan fingerprint density at radius 3 is 2.52 bits per heavy atom. The number of halogens is 1. The van der Waals surface area contributed by atoms with E-state index in [-0.39, 0.29) is 22.4 Å². The Morgan fingerprint density at radius 2 is 1.80 bits per heavy atom. The summed E-state index contributed by atoms with van der Waals surface area (Å²) < 4.78 is 1.01. The maximum atomic E-state index is 12.5. The molecule has 0 saturated heterocycles. The van der Waals surface area contributed by atoms with Crippen LogP contribution in [0, 0.1) is 0 Å². The van der Waals surface area contributed by atoms with Crippen molar-refractivity contribution in [2.75, 3.05) is 6.54 Å². The number of benzene rings is 2. The molecule has 0 spiro atoms. The molecule has 3 aromatic rings. The van der Waals surface area contributed by atoms with E-state index >= 15 is 0 Å². The van der Waals surface area contributed by atoms with Gasteiger partial charge in [0, 0.05) is 21.9 Å². The first-order valence-corrected chi connectivity index (χ1v) is 8.82. The van der Waals surface area contributed by atoms with Crippen molar-refractivity contribution in [3.05, 3.63) is 80.6 Å². The molecule has 0 atom stereocenters. The Labute approximate surface area is 154 Å². The summed E-state index contributed by atoms with van der Waals surface area (Å²) in [5.74, 6) is -0.364. The maximum absolute atomic E-state index is 12.5. The summed E-state index contributed by atoms with van der Waals surface area (Å²) in [5.41, 5.74) is 1.34. The van der Waals surface area contributed by atoms with Gasteiger partial charge in [-0.2, -0.15) is 0 Å². The molecule has 1 heterocycles. The third kappa shape index (κ3) is 3.82. The SMILES string of the molecule is CC(C)(CNC(=O)c1cc2ccccc2[nH]c1=O)c1ccc(Br)cc1. The van der Waals surface area contributed by atoms with Crippen LogP contribution in [-0.2, 0) is 5.41 Å². The maximum Gasteiger partial charge on any atom is 0.261 e. The molecule has 1 aromatic heterocycles. The molecule has 2 N–H and O–H groups in total. The van der Waals surface area contributed by atoms with Gasteiger partial charge in [-0.3, -0.25) is 9.59 Å². The lowest BCUT2D eigenvalue weighted by Gasteiger charge is -2.25. The fraction of sp³-hybridized carbons (Fsp3) is 0.200. The van der Waals surface area contributed by atoms with Crippen LogP contribution >= 0.6 is 15.9 Å². The summed E-state index contributed by atoms with van der Waals surface area (Å²) in [6.45, 7) is 4.54. The Bertz CT molecular complexity index is 975. The number of amides is 1. The molecule has 25 heavy (non-hydrogen) atoms. The van der Waals surface area contributed by atoms with Crippen LogP contribution in [0.4, 0.5) is 0 Å². The number of fused-ring (bicyclic) bond motifs is 1. The number of para-hydroxylation sites is 1. The number of aromatic nitrogens is 1. The first-order valence-electron chi connectivity index (χ1n) is 8.03. The molecular formula is C20H19BrN2O2. The molecule has 0 aliphatic rings. The van der Waals surface area contributed by atoms with Crippen molar-refractivity contribution in [1.82, 2.24) is 10.3 Å². The fourth-order valence-electron chi connectivity index (χ4n) is 2.72. The minimum atomic E-state index is -0.377. The number of pyridine rings is 1. The number of aromatic amines is 1. The molecule has 0 fully saturated rings. The third-order valence-corrected chi connectivity index (χ3v) is 4.84. The molecule has 0 bridgehead atoms. The molecule has 3 rings (SSSR count). The molecule has 0 aliphatic heterocycles. The van der Waals surface area contributed by atoms with Gasteiger partial charge in [0.15, 0.2) is 0 Å². The van der Waals surface area contributed by atoms with E-state index in [0.29, 0.717) is 6.54 Å². The van der Waals surface area contributed by atoms with E-state index in [0.717, 1.165) is 20.9 Å². The molecule has 0 radical (unpaired) electrons. The number of hydrogen-bond acceptors (Lipinski definition) is 2. The smallest absolute Gasteiger partial charge is 0.261 e. The van der Waals surface area contributed by atoms with Gasteiger partial charge in [0.25, 0.3) is 11.5 Å². The highest BCUT2D eigenvalue weighted by Crippen LogP contribution is 2.24. The third-order valence-electron chi connectivity index (χ3n) is 4.31. The first kappa shape index (κ1) is 17.4. The monoisotopic (exact) mass is 398 g/mol. The van der Waals surface area contributed by atoms with E-state index in [9.17, 15) is 9.59 Å². The van der Waals surface area contributed by atoms with Crippen molar-refractivity contribution in [2.24, 2.45) is 0 Å². The van der Waals surface area contributed by atoms with Crippen LogP contribution in [-0.4, -0.2) is 17.4 Å². The number of hydrogen-bond donors (Lipinski definition) is 2. The highest BCUT2D eigenvalue weighted by molar-refractivity contribution is 9.10. The van der Waals surface area contributed by atoms with Crippen molar-refractivity contribution in [1.29, 1.82) is 0 Å². The highest BCUT2D eigenvalue weighted by atomic mass is 79.9. The molecule has 1 amide bonds. The Hall–Kier alpha value is -2.40. The zero-order valence-corrected chi connectivity index (χ0v) is 15.7. The second kappa shape index (κ2) is 6.84. The summed E-state index contributed by atoms with van der Waals surface area (Å²) in [5, 5.41) is 3.72.